The molecule has 0 saturated carbocycles. The molecule has 0 amide bonds. The van der Waals surface area contributed by atoms with Crippen LogP contribution in [0.1, 0.15) is 18.9 Å². The maximum Gasteiger partial charge on any atom is 0.115 e. The lowest BCUT2D eigenvalue weighted by atomic mass is 10.1. The van der Waals surface area contributed by atoms with E-state index in [4.69, 9.17) is 10.8 Å². The second-order valence-corrected chi connectivity index (χ2v) is 5.31. The second kappa shape index (κ2) is 5.05. The van der Waals surface area contributed by atoms with Crippen LogP contribution in [-0.4, -0.2) is 34.8 Å². The quantitative estimate of drug-likeness (QED) is 0.897. The van der Waals surface area contributed by atoms with Gasteiger partial charge in [-0.1, -0.05) is 30.3 Å². The lowest BCUT2D eigenvalue weighted by molar-refractivity contribution is 0.212. The van der Waals surface area contributed by atoms with E-state index in [-0.39, 0.29) is 0 Å². The van der Waals surface area contributed by atoms with Gasteiger partial charge >= 0.3 is 0 Å². The summed E-state index contributed by atoms with van der Waals surface area (Å²) in [7, 11) is 2.17. The van der Waals surface area contributed by atoms with Crippen LogP contribution in [0.3, 0.4) is 0 Å². The smallest absolute Gasteiger partial charge is 0.115 e. The number of nitrogens with two attached hydrogens (primary N) is 1. The van der Waals surface area contributed by atoms with Crippen LogP contribution >= 0.6 is 0 Å². The fourth-order valence-electron chi connectivity index (χ4n) is 2.67. The monoisotopic (exact) mass is 256 g/mol. The van der Waals surface area contributed by atoms with Gasteiger partial charge in [0.25, 0.3) is 0 Å². The molecule has 2 N–H and O–H groups in total. The van der Waals surface area contributed by atoms with Gasteiger partial charge in [0.1, 0.15) is 5.69 Å². The third-order valence-corrected chi connectivity index (χ3v) is 3.87. The van der Waals surface area contributed by atoms with E-state index in [2.05, 4.69) is 28.8 Å². The van der Waals surface area contributed by atoms with Crippen LogP contribution in [0.25, 0.3) is 11.3 Å². The number of benzene rings is 1. The van der Waals surface area contributed by atoms with Crippen molar-refractivity contribution in [2.75, 3.05) is 25.9 Å². The summed E-state index contributed by atoms with van der Waals surface area (Å²) in [5.41, 5.74) is 8.87. The normalized spacial score (nSPS) is 17.7. The molecule has 3 rings (SSSR count). The van der Waals surface area contributed by atoms with Gasteiger partial charge in [0.05, 0.1) is 11.7 Å². The third kappa shape index (κ3) is 2.49. The zero-order valence-electron chi connectivity index (χ0n) is 11.3. The molecule has 1 fully saturated rings. The molecule has 1 saturated heterocycles. The minimum atomic E-state index is 0.482. The van der Waals surface area contributed by atoms with Crippen molar-refractivity contribution in [2.24, 2.45) is 0 Å². The minimum Gasteiger partial charge on any atom is -0.396 e. The van der Waals surface area contributed by atoms with E-state index in [0.29, 0.717) is 6.04 Å². The summed E-state index contributed by atoms with van der Waals surface area (Å²) >= 11 is 0. The van der Waals surface area contributed by atoms with E-state index in [1.165, 1.54) is 0 Å². The van der Waals surface area contributed by atoms with Crippen molar-refractivity contribution < 1.29 is 0 Å². The summed E-state index contributed by atoms with van der Waals surface area (Å²) in [5.74, 6) is 0. The lowest BCUT2D eigenvalue weighted by Crippen LogP contribution is -2.31. The summed E-state index contributed by atoms with van der Waals surface area (Å²) < 4.78 is 2.06. The molecule has 1 aromatic heterocycles. The Hall–Kier alpha value is -1.81. The molecule has 19 heavy (non-hydrogen) atoms. The number of hydrogen-bond donors (Lipinski definition) is 1. The minimum absolute atomic E-state index is 0.482. The molecule has 4 heteroatoms. The van der Waals surface area contributed by atoms with Crippen LogP contribution in [0, 0.1) is 0 Å². The van der Waals surface area contributed by atoms with Crippen molar-refractivity contribution >= 4 is 5.69 Å². The number of hydrogen-bond acceptors (Lipinski definition) is 3. The zero-order chi connectivity index (χ0) is 13.2. The molecule has 0 spiro atoms. The maximum absolute atomic E-state index is 6.11. The van der Waals surface area contributed by atoms with E-state index >= 15 is 0 Å². The Labute approximate surface area is 113 Å². The molecule has 1 aromatic carbocycles. The molecule has 2 heterocycles. The lowest BCUT2D eigenvalue weighted by Gasteiger charge is -2.28. The van der Waals surface area contributed by atoms with E-state index in [1.807, 2.05) is 24.4 Å². The molecule has 0 atom stereocenters. The van der Waals surface area contributed by atoms with Gasteiger partial charge in [-0.3, -0.25) is 4.68 Å². The van der Waals surface area contributed by atoms with Crippen LogP contribution in [-0.2, 0) is 0 Å². The first kappa shape index (κ1) is 12.2. The van der Waals surface area contributed by atoms with E-state index < -0.39 is 0 Å². The first-order chi connectivity index (χ1) is 9.24. The van der Waals surface area contributed by atoms with Crippen molar-refractivity contribution in [1.82, 2.24) is 14.7 Å². The van der Waals surface area contributed by atoms with Crippen LogP contribution in [0.4, 0.5) is 5.69 Å². The highest BCUT2D eigenvalue weighted by molar-refractivity contribution is 5.71. The van der Waals surface area contributed by atoms with Crippen LogP contribution in [0.2, 0.25) is 0 Å². The van der Waals surface area contributed by atoms with Crippen LogP contribution < -0.4 is 5.73 Å². The van der Waals surface area contributed by atoms with Gasteiger partial charge in [0.15, 0.2) is 0 Å². The predicted octanol–water partition coefficient (Wildman–Crippen LogP) is 2.40. The van der Waals surface area contributed by atoms with Gasteiger partial charge < -0.3 is 10.6 Å². The van der Waals surface area contributed by atoms with Crippen molar-refractivity contribution in [3.8, 4) is 11.3 Å². The van der Waals surface area contributed by atoms with Gasteiger partial charge in [-0.15, -0.1) is 0 Å². The average molecular weight is 256 g/mol. The predicted molar refractivity (Wildman–Crippen MR) is 77.8 cm³/mol. The number of likely N-dealkylation sites (tertiary alicyclic amines) is 1. The van der Waals surface area contributed by atoms with Crippen molar-refractivity contribution in [3.05, 3.63) is 36.5 Å². The summed E-state index contributed by atoms with van der Waals surface area (Å²) in [6.45, 7) is 2.26. The number of nitrogen functional groups attached to an aromatic ring is 1. The van der Waals surface area contributed by atoms with Gasteiger partial charge in [0, 0.05) is 11.8 Å². The highest BCUT2D eigenvalue weighted by Crippen LogP contribution is 2.28. The van der Waals surface area contributed by atoms with Gasteiger partial charge in [-0.2, -0.15) is 5.10 Å². The first-order valence-electron chi connectivity index (χ1n) is 6.82. The number of nitrogens with zero attached hydrogens (tertiary/aromatic N) is 3. The van der Waals surface area contributed by atoms with Crippen molar-refractivity contribution in [3.63, 3.8) is 0 Å². The standard InChI is InChI=1S/C15H20N4/c1-18-9-7-13(8-10-18)19-11-14(16)15(17-19)12-5-3-2-4-6-12/h2-6,11,13H,7-10,16H2,1H3. The van der Waals surface area contributed by atoms with E-state index in [0.717, 1.165) is 42.9 Å². The summed E-state index contributed by atoms with van der Waals surface area (Å²) in [6.07, 6.45) is 4.27. The highest BCUT2D eigenvalue weighted by Gasteiger charge is 2.20. The Kier molecular flexibility index (Phi) is 3.25. The SMILES string of the molecule is CN1CCC(n2cc(N)c(-c3ccccc3)n2)CC1. The van der Waals surface area contributed by atoms with E-state index in [1.54, 1.807) is 0 Å². The summed E-state index contributed by atoms with van der Waals surface area (Å²) in [6, 6.07) is 10.6. The molecule has 0 radical (unpaired) electrons. The Morgan fingerprint density at radius 1 is 1.16 bits per heavy atom. The molecule has 0 unspecified atom stereocenters. The highest BCUT2D eigenvalue weighted by atomic mass is 15.3. The van der Waals surface area contributed by atoms with Crippen LogP contribution in [0.5, 0.6) is 0 Å². The largest absolute Gasteiger partial charge is 0.396 e. The second-order valence-electron chi connectivity index (χ2n) is 5.31. The Balaban J connectivity index is 1.85. The molecule has 0 bridgehead atoms. The number of piperidine rings is 1. The molecule has 4 nitrogen and oxygen atoms in total. The van der Waals surface area contributed by atoms with Gasteiger partial charge in [-0.05, 0) is 33.0 Å². The summed E-state index contributed by atoms with van der Waals surface area (Å²) in [4.78, 5) is 2.36. The van der Waals surface area contributed by atoms with Gasteiger partial charge in [-0.25, -0.2) is 0 Å². The Morgan fingerprint density at radius 3 is 2.53 bits per heavy atom. The van der Waals surface area contributed by atoms with Crippen molar-refractivity contribution in [2.45, 2.75) is 18.9 Å². The Bertz CT molecular complexity index is 539. The first-order valence-corrected chi connectivity index (χ1v) is 6.82. The number of rotatable bonds is 2. The Morgan fingerprint density at radius 2 is 1.84 bits per heavy atom. The van der Waals surface area contributed by atoms with Crippen LogP contribution in [0.15, 0.2) is 36.5 Å². The molecule has 0 aliphatic carbocycles. The third-order valence-electron chi connectivity index (χ3n) is 3.87. The average Bonchev–Trinajstić information content (AvgIpc) is 2.83. The number of anilines is 1. The molecule has 1 aliphatic heterocycles. The molecule has 2 aromatic rings. The number of aromatic nitrogens is 2. The molecular weight excluding hydrogens is 236 g/mol. The molecule has 1 aliphatic rings. The van der Waals surface area contributed by atoms with Crippen molar-refractivity contribution in [1.29, 1.82) is 0 Å². The summed E-state index contributed by atoms with van der Waals surface area (Å²) in [5, 5.41) is 4.70. The maximum atomic E-state index is 6.11. The molecular formula is C15H20N4. The zero-order valence-corrected chi connectivity index (χ0v) is 11.3. The molecule has 100 valence electrons. The van der Waals surface area contributed by atoms with E-state index in [9.17, 15) is 0 Å². The topological polar surface area (TPSA) is 47.1 Å². The fraction of sp³-hybridized carbons (Fsp3) is 0.400. The van der Waals surface area contributed by atoms with Gasteiger partial charge in [0.2, 0.25) is 0 Å². The fourth-order valence-corrected chi connectivity index (χ4v) is 2.67.